The van der Waals surface area contributed by atoms with Gasteiger partial charge in [0.2, 0.25) is 5.91 Å². The third-order valence-electron chi connectivity index (χ3n) is 5.25. The van der Waals surface area contributed by atoms with E-state index in [4.69, 9.17) is 0 Å². The molecule has 7 heteroatoms. The van der Waals surface area contributed by atoms with Crippen molar-refractivity contribution in [3.63, 3.8) is 0 Å². The van der Waals surface area contributed by atoms with Gasteiger partial charge in [-0.3, -0.25) is 4.79 Å². The summed E-state index contributed by atoms with van der Waals surface area (Å²) in [5.41, 5.74) is 2.24. The molecular weight excluding hydrogens is 420 g/mol. The summed E-state index contributed by atoms with van der Waals surface area (Å²) in [5.74, 6) is 1.83. The minimum atomic E-state index is 0.00736. The molecule has 32 heavy (non-hydrogen) atoms. The largest absolute Gasteiger partial charge is 0.508 e. The van der Waals surface area contributed by atoms with Crippen molar-refractivity contribution in [3.05, 3.63) is 72.1 Å². The van der Waals surface area contributed by atoms with Crippen LogP contribution in [0.25, 0.3) is 20.7 Å². The van der Waals surface area contributed by atoms with Crippen LogP contribution in [-0.4, -0.2) is 41.1 Å². The second-order valence-electron chi connectivity index (χ2n) is 7.73. The van der Waals surface area contributed by atoms with Crippen LogP contribution in [0.5, 0.6) is 5.75 Å². The van der Waals surface area contributed by atoms with Crippen LogP contribution in [0, 0.1) is 6.92 Å². The fourth-order valence-corrected chi connectivity index (χ4v) is 4.60. The van der Waals surface area contributed by atoms with E-state index in [1.54, 1.807) is 23.5 Å². The van der Waals surface area contributed by atoms with Crippen LogP contribution in [0.15, 0.2) is 60.7 Å². The van der Waals surface area contributed by atoms with Gasteiger partial charge in [-0.2, -0.15) is 0 Å². The number of hydrogen-bond acceptors (Lipinski definition) is 6. The van der Waals surface area contributed by atoms with Crippen LogP contribution in [-0.2, 0) is 11.2 Å². The molecular formula is C25H26N4O2S. The van der Waals surface area contributed by atoms with Gasteiger partial charge in [0.05, 0.1) is 5.39 Å². The molecule has 2 heterocycles. The number of fused-ring (bicyclic) bond motifs is 1. The lowest BCUT2D eigenvalue weighted by molar-refractivity contribution is -0.120. The average molecular weight is 447 g/mol. The summed E-state index contributed by atoms with van der Waals surface area (Å²) < 4.78 is 0. The number of nitrogens with one attached hydrogen (secondary N) is 1. The Hall–Kier alpha value is -3.45. The number of carbonyl (C=O) groups is 1. The molecule has 0 spiro atoms. The first-order chi connectivity index (χ1) is 15.5. The third-order valence-corrected chi connectivity index (χ3v) is 6.33. The molecule has 2 aromatic heterocycles. The summed E-state index contributed by atoms with van der Waals surface area (Å²) >= 11 is 1.66. The number of amides is 1. The van der Waals surface area contributed by atoms with Gasteiger partial charge in [-0.05, 0) is 42.7 Å². The van der Waals surface area contributed by atoms with Crippen LogP contribution in [0.1, 0.15) is 17.8 Å². The molecule has 164 valence electrons. The van der Waals surface area contributed by atoms with E-state index in [1.165, 1.54) is 0 Å². The van der Waals surface area contributed by atoms with Crippen LogP contribution in [0.4, 0.5) is 5.82 Å². The highest BCUT2D eigenvalue weighted by atomic mass is 32.1. The van der Waals surface area contributed by atoms with E-state index in [2.05, 4.69) is 33.5 Å². The molecule has 0 saturated heterocycles. The third kappa shape index (κ3) is 5.23. The van der Waals surface area contributed by atoms with Crippen molar-refractivity contribution in [2.24, 2.45) is 0 Å². The van der Waals surface area contributed by atoms with E-state index in [9.17, 15) is 9.90 Å². The van der Waals surface area contributed by atoms with Gasteiger partial charge < -0.3 is 15.3 Å². The first kappa shape index (κ1) is 21.8. The van der Waals surface area contributed by atoms with Crippen molar-refractivity contribution >= 4 is 33.3 Å². The Kier molecular flexibility index (Phi) is 6.66. The second kappa shape index (κ2) is 9.78. The van der Waals surface area contributed by atoms with Crippen LogP contribution >= 0.6 is 11.3 Å². The highest BCUT2D eigenvalue weighted by Crippen LogP contribution is 2.36. The Morgan fingerprint density at radius 1 is 1.09 bits per heavy atom. The molecule has 4 aromatic rings. The van der Waals surface area contributed by atoms with E-state index in [0.29, 0.717) is 19.5 Å². The van der Waals surface area contributed by atoms with E-state index < -0.39 is 0 Å². The van der Waals surface area contributed by atoms with Gasteiger partial charge in [0, 0.05) is 31.4 Å². The Morgan fingerprint density at radius 3 is 2.59 bits per heavy atom. The smallest absolute Gasteiger partial charge is 0.221 e. The average Bonchev–Trinajstić information content (AvgIpc) is 3.23. The first-order valence-corrected chi connectivity index (χ1v) is 11.4. The van der Waals surface area contributed by atoms with Crippen molar-refractivity contribution in [1.82, 2.24) is 15.3 Å². The summed E-state index contributed by atoms with van der Waals surface area (Å²) in [7, 11) is 1.96. The normalized spacial score (nSPS) is 10.9. The number of thiophene rings is 1. The topological polar surface area (TPSA) is 78.4 Å². The van der Waals surface area contributed by atoms with Crippen molar-refractivity contribution in [1.29, 1.82) is 0 Å². The zero-order chi connectivity index (χ0) is 22.5. The number of carbonyl (C=O) groups excluding carboxylic acids is 1. The number of benzene rings is 2. The summed E-state index contributed by atoms with van der Waals surface area (Å²) in [5, 5.41) is 13.3. The maximum Gasteiger partial charge on any atom is 0.221 e. The molecule has 0 aliphatic carbocycles. The molecule has 0 radical (unpaired) electrons. The van der Waals surface area contributed by atoms with E-state index in [-0.39, 0.29) is 11.7 Å². The maximum atomic E-state index is 12.3. The summed E-state index contributed by atoms with van der Waals surface area (Å²) in [6.45, 7) is 3.02. The summed E-state index contributed by atoms with van der Waals surface area (Å²) in [6.07, 6.45) is 1.11. The fraction of sp³-hybridized carbons (Fsp3) is 0.240. The number of hydrogen-bond donors (Lipinski definition) is 2. The molecule has 4 rings (SSSR count). The molecule has 6 nitrogen and oxygen atoms in total. The van der Waals surface area contributed by atoms with Crippen molar-refractivity contribution in [3.8, 4) is 16.2 Å². The minimum absolute atomic E-state index is 0.00736. The van der Waals surface area contributed by atoms with Crippen molar-refractivity contribution in [2.45, 2.75) is 19.8 Å². The predicted octanol–water partition coefficient (Wildman–Crippen LogP) is 4.56. The van der Waals surface area contributed by atoms with Crippen LogP contribution in [0.3, 0.4) is 0 Å². The van der Waals surface area contributed by atoms with Crippen LogP contribution in [0.2, 0.25) is 0 Å². The number of phenolic OH excluding ortho intramolecular Hbond substituents is 1. The number of phenols is 1. The molecule has 2 aromatic carbocycles. The minimum Gasteiger partial charge on any atom is -0.508 e. The number of nitrogens with zero attached hydrogens (tertiary/aromatic N) is 3. The SMILES string of the molecule is Cc1nc(N(C)CCC(=O)NCCc2ccc(O)cc2)c2cc(-c3ccccc3)sc2n1. The summed E-state index contributed by atoms with van der Waals surface area (Å²) in [4.78, 5) is 25.8. The fourth-order valence-electron chi connectivity index (χ4n) is 3.52. The zero-order valence-corrected chi connectivity index (χ0v) is 19.0. The predicted molar refractivity (Wildman–Crippen MR) is 130 cm³/mol. The highest BCUT2D eigenvalue weighted by molar-refractivity contribution is 7.21. The Bertz CT molecular complexity index is 1210. The van der Waals surface area contributed by atoms with E-state index in [1.807, 2.05) is 49.2 Å². The van der Waals surface area contributed by atoms with Crippen molar-refractivity contribution in [2.75, 3.05) is 25.0 Å². The lowest BCUT2D eigenvalue weighted by Gasteiger charge is -2.19. The Balaban J connectivity index is 1.38. The van der Waals surface area contributed by atoms with Gasteiger partial charge in [0.15, 0.2) is 0 Å². The Labute approximate surface area is 191 Å². The van der Waals surface area contributed by atoms with E-state index >= 15 is 0 Å². The van der Waals surface area contributed by atoms with Gasteiger partial charge in [0.1, 0.15) is 22.2 Å². The standard InChI is InChI=1S/C25H26N4O2S/c1-17-27-24(21-16-22(32-25(21)28-17)19-6-4-3-5-7-19)29(2)15-13-23(31)26-14-12-18-8-10-20(30)11-9-18/h3-11,16,30H,12-15H2,1-2H3,(H,26,31). The molecule has 0 atom stereocenters. The number of aryl methyl sites for hydroxylation is 1. The molecule has 0 aliphatic rings. The lowest BCUT2D eigenvalue weighted by atomic mass is 10.1. The first-order valence-electron chi connectivity index (χ1n) is 10.6. The van der Waals surface area contributed by atoms with E-state index in [0.717, 1.165) is 44.3 Å². The Morgan fingerprint density at radius 2 is 1.84 bits per heavy atom. The molecule has 0 unspecified atom stereocenters. The monoisotopic (exact) mass is 446 g/mol. The molecule has 1 amide bonds. The second-order valence-corrected chi connectivity index (χ2v) is 8.76. The maximum absolute atomic E-state index is 12.3. The van der Waals surface area contributed by atoms with Gasteiger partial charge in [-0.1, -0.05) is 42.5 Å². The van der Waals surface area contributed by atoms with Gasteiger partial charge in [-0.25, -0.2) is 9.97 Å². The number of rotatable bonds is 8. The van der Waals surface area contributed by atoms with Crippen molar-refractivity contribution < 1.29 is 9.90 Å². The van der Waals surface area contributed by atoms with Crippen LogP contribution < -0.4 is 10.2 Å². The highest BCUT2D eigenvalue weighted by Gasteiger charge is 2.15. The number of aromatic hydroxyl groups is 1. The zero-order valence-electron chi connectivity index (χ0n) is 18.2. The van der Waals surface area contributed by atoms with Gasteiger partial charge >= 0.3 is 0 Å². The van der Waals surface area contributed by atoms with Gasteiger partial charge in [0.25, 0.3) is 0 Å². The molecule has 0 saturated carbocycles. The number of aromatic nitrogens is 2. The molecule has 2 N–H and O–H groups in total. The number of anilines is 1. The molecule has 0 aliphatic heterocycles. The van der Waals surface area contributed by atoms with Gasteiger partial charge in [-0.15, -0.1) is 11.3 Å². The molecule has 0 bridgehead atoms. The lowest BCUT2D eigenvalue weighted by Crippen LogP contribution is -2.30. The quantitative estimate of drug-likeness (QED) is 0.415. The molecule has 0 fully saturated rings. The summed E-state index contributed by atoms with van der Waals surface area (Å²) in [6, 6.07) is 19.4.